The van der Waals surface area contributed by atoms with E-state index in [9.17, 15) is 9.59 Å². The summed E-state index contributed by atoms with van der Waals surface area (Å²) in [6.07, 6.45) is 6.48. The standard InChI is InChI=1S/C18H21N3O3S/c1-2-24-16(22)10-14-7-3-4-9-21(14)18(23)15-12-25-17(20-15)13-6-5-8-19-11-13/h5-6,8,11-12,14H,2-4,7,9-10H2,1H3/t14-/m1/s1. The van der Waals surface area contributed by atoms with Crippen molar-refractivity contribution in [2.75, 3.05) is 13.2 Å². The smallest absolute Gasteiger partial charge is 0.307 e. The summed E-state index contributed by atoms with van der Waals surface area (Å²) in [6, 6.07) is 3.66. The molecule has 1 saturated heterocycles. The maximum Gasteiger partial charge on any atom is 0.307 e. The average Bonchev–Trinajstić information content (AvgIpc) is 3.13. The molecular weight excluding hydrogens is 338 g/mol. The predicted molar refractivity (Wildman–Crippen MR) is 95.3 cm³/mol. The molecule has 2 aromatic heterocycles. The van der Waals surface area contributed by atoms with E-state index in [0.717, 1.165) is 29.8 Å². The van der Waals surface area contributed by atoms with Crippen molar-refractivity contribution in [1.29, 1.82) is 0 Å². The quantitative estimate of drug-likeness (QED) is 0.767. The molecule has 1 fully saturated rings. The van der Waals surface area contributed by atoms with Crippen LogP contribution in [0.2, 0.25) is 0 Å². The van der Waals surface area contributed by atoms with Crippen LogP contribution in [-0.4, -0.2) is 45.9 Å². The number of piperidine rings is 1. The summed E-state index contributed by atoms with van der Waals surface area (Å²) in [5, 5.41) is 2.55. The number of pyridine rings is 1. The van der Waals surface area contributed by atoms with Crippen LogP contribution in [0.1, 0.15) is 43.1 Å². The molecular formula is C18H21N3O3S. The predicted octanol–water partition coefficient (Wildman–Crippen LogP) is 3.15. The maximum absolute atomic E-state index is 12.9. The number of amides is 1. The normalized spacial score (nSPS) is 17.3. The number of nitrogens with zero attached hydrogens (tertiary/aromatic N) is 3. The zero-order chi connectivity index (χ0) is 17.6. The third-order valence-corrected chi connectivity index (χ3v) is 5.12. The molecule has 0 aromatic carbocycles. The highest BCUT2D eigenvalue weighted by Crippen LogP contribution is 2.26. The second kappa shape index (κ2) is 8.20. The van der Waals surface area contributed by atoms with Crippen LogP contribution in [0, 0.1) is 0 Å². The molecule has 25 heavy (non-hydrogen) atoms. The highest BCUT2D eigenvalue weighted by molar-refractivity contribution is 7.13. The van der Waals surface area contributed by atoms with Crippen LogP contribution < -0.4 is 0 Å². The van der Waals surface area contributed by atoms with Crippen molar-refractivity contribution in [3.63, 3.8) is 0 Å². The van der Waals surface area contributed by atoms with Gasteiger partial charge in [0.05, 0.1) is 13.0 Å². The molecule has 1 amide bonds. The third kappa shape index (κ3) is 4.22. The topological polar surface area (TPSA) is 72.4 Å². The molecule has 132 valence electrons. The second-order valence-corrected chi connectivity index (χ2v) is 6.79. The van der Waals surface area contributed by atoms with E-state index in [-0.39, 0.29) is 24.3 Å². The molecule has 3 heterocycles. The van der Waals surface area contributed by atoms with Gasteiger partial charge in [-0.15, -0.1) is 11.3 Å². The van der Waals surface area contributed by atoms with E-state index in [0.29, 0.717) is 18.8 Å². The van der Waals surface area contributed by atoms with E-state index in [2.05, 4.69) is 9.97 Å². The summed E-state index contributed by atoms with van der Waals surface area (Å²) in [4.78, 5) is 35.1. The molecule has 1 aliphatic rings. The minimum Gasteiger partial charge on any atom is -0.466 e. The minimum atomic E-state index is -0.249. The third-order valence-electron chi connectivity index (χ3n) is 4.23. The van der Waals surface area contributed by atoms with Crippen molar-refractivity contribution in [1.82, 2.24) is 14.9 Å². The lowest BCUT2D eigenvalue weighted by Gasteiger charge is -2.34. The van der Waals surface area contributed by atoms with Crippen LogP contribution in [0.15, 0.2) is 29.9 Å². The van der Waals surface area contributed by atoms with Gasteiger partial charge in [0.25, 0.3) is 5.91 Å². The molecule has 0 radical (unpaired) electrons. The van der Waals surface area contributed by atoms with Gasteiger partial charge in [-0.25, -0.2) is 4.98 Å². The molecule has 0 N–H and O–H groups in total. The van der Waals surface area contributed by atoms with Crippen molar-refractivity contribution >= 4 is 23.2 Å². The first-order chi connectivity index (χ1) is 12.2. The molecule has 3 rings (SSSR count). The molecule has 1 atom stereocenters. The van der Waals surface area contributed by atoms with E-state index >= 15 is 0 Å². The SMILES string of the molecule is CCOC(=O)C[C@H]1CCCCN1C(=O)c1csc(-c2cccnc2)n1. The van der Waals surface area contributed by atoms with Gasteiger partial charge < -0.3 is 9.64 Å². The van der Waals surface area contributed by atoms with E-state index in [4.69, 9.17) is 4.74 Å². The Labute approximate surface area is 150 Å². The average molecular weight is 359 g/mol. The van der Waals surface area contributed by atoms with E-state index < -0.39 is 0 Å². The van der Waals surface area contributed by atoms with Crippen molar-refractivity contribution in [3.05, 3.63) is 35.6 Å². The Balaban J connectivity index is 1.74. The zero-order valence-corrected chi connectivity index (χ0v) is 15.0. The number of aromatic nitrogens is 2. The Morgan fingerprint density at radius 1 is 1.40 bits per heavy atom. The summed E-state index contributed by atoms with van der Waals surface area (Å²) in [5.41, 5.74) is 1.33. The van der Waals surface area contributed by atoms with Crippen LogP contribution in [0.3, 0.4) is 0 Å². The summed E-state index contributed by atoms with van der Waals surface area (Å²) >= 11 is 1.43. The number of esters is 1. The minimum absolute atomic E-state index is 0.108. The second-order valence-electron chi connectivity index (χ2n) is 5.94. The summed E-state index contributed by atoms with van der Waals surface area (Å²) in [7, 11) is 0. The number of ether oxygens (including phenoxy) is 1. The molecule has 2 aromatic rings. The van der Waals surface area contributed by atoms with Crippen molar-refractivity contribution < 1.29 is 14.3 Å². The summed E-state index contributed by atoms with van der Waals surface area (Å²) in [5.74, 6) is -0.359. The maximum atomic E-state index is 12.9. The van der Waals surface area contributed by atoms with Crippen molar-refractivity contribution in [2.45, 2.75) is 38.6 Å². The van der Waals surface area contributed by atoms with Gasteiger partial charge in [0.1, 0.15) is 10.7 Å². The first kappa shape index (κ1) is 17.5. The number of carbonyl (C=O) groups excluding carboxylic acids is 2. The monoisotopic (exact) mass is 359 g/mol. The Morgan fingerprint density at radius 2 is 2.28 bits per heavy atom. The molecule has 1 aliphatic heterocycles. The van der Waals surface area contributed by atoms with Crippen LogP contribution in [0.4, 0.5) is 0 Å². The summed E-state index contributed by atoms with van der Waals surface area (Å²) in [6.45, 7) is 2.81. The molecule has 6 nitrogen and oxygen atoms in total. The Morgan fingerprint density at radius 3 is 3.04 bits per heavy atom. The lowest BCUT2D eigenvalue weighted by Crippen LogP contribution is -2.45. The van der Waals surface area contributed by atoms with E-state index in [1.165, 1.54) is 11.3 Å². The van der Waals surface area contributed by atoms with E-state index in [1.54, 1.807) is 29.6 Å². The molecule has 0 unspecified atom stereocenters. The molecule has 0 saturated carbocycles. The lowest BCUT2D eigenvalue weighted by atomic mass is 9.99. The van der Waals surface area contributed by atoms with Crippen LogP contribution in [0.5, 0.6) is 0 Å². The highest BCUT2D eigenvalue weighted by atomic mass is 32.1. The fourth-order valence-electron chi connectivity index (χ4n) is 3.03. The van der Waals surface area contributed by atoms with E-state index in [1.807, 2.05) is 12.1 Å². The number of hydrogen-bond acceptors (Lipinski definition) is 6. The van der Waals surface area contributed by atoms with Gasteiger partial charge >= 0.3 is 5.97 Å². The van der Waals surface area contributed by atoms with Gasteiger partial charge in [-0.2, -0.15) is 0 Å². The fraction of sp³-hybridized carbons (Fsp3) is 0.444. The van der Waals surface area contributed by atoms with Gasteiger partial charge in [0, 0.05) is 35.9 Å². The first-order valence-corrected chi connectivity index (χ1v) is 9.39. The fourth-order valence-corrected chi connectivity index (χ4v) is 3.82. The largest absolute Gasteiger partial charge is 0.466 e. The summed E-state index contributed by atoms with van der Waals surface area (Å²) < 4.78 is 5.04. The number of carbonyl (C=O) groups is 2. The van der Waals surface area contributed by atoms with Gasteiger partial charge in [0.15, 0.2) is 0 Å². The lowest BCUT2D eigenvalue weighted by molar-refractivity contribution is -0.144. The first-order valence-electron chi connectivity index (χ1n) is 8.51. The molecule has 0 spiro atoms. The van der Waals surface area contributed by atoms with Crippen molar-refractivity contribution in [3.8, 4) is 10.6 Å². The number of rotatable bonds is 5. The number of hydrogen-bond donors (Lipinski definition) is 0. The Hall–Kier alpha value is -2.28. The Bertz CT molecular complexity index is 732. The van der Waals surface area contributed by atoms with Gasteiger partial charge in [-0.05, 0) is 38.3 Å². The van der Waals surface area contributed by atoms with Crippen LogP contribution >= 0.6 is 11.3 Å². The van der Waals surface area contributed by atoms with Crippen LogP contribution in [-0.2, 0) is 9.53 Å². The zero-order valence-electron chi connectivity index (χ0n) is 14.2. The Kier molecular flexibility index (Phi) is 5.75. The van der Waals surface area contributed by atoms with Gasteiger partial charge in [-0.3, -0.25) is 14.6 Å². The number of thiazole rings is 1. The molecule has 0 aliphatic carbocycles. The molecule has 0 bridgehead atoms. The van der Waals surface area contributed by atoms with Crippen LogP contribution in [0.25, 0.3) is 10.6 Å². The van der Waals surface area contributed by atoms with Gasteiger partial charge in [-0.1, -0.05) is 0 Å². The van der Waals surface area contributed by atoms with Gasteiger partial charge in [0.2, 0.25) is 0 Å². The molecule has 7 heteroatoms. The van der Waals surface area contributed by atoms with Crippen molar-refractivity contribution in [2.24, 2.45) is 0 Å². The number of likely N-dealkylation sites (tertiary alicyclic amines) is 1. The highest BCUT2D eigenvalue weighted by Gasteiger charge is 2.30.